The van der Waals surface area contributed by atoms with Gasteiger partial charge in [-0.1, -0.05) is 30.3 Å². The molecule has 0 radical (unpaired) electrons. The molecule has 1 amide bonds. The van der Waals surface area contributed by atoms with Crippen LogP contribution in [0.3, 0.4) is 0 Å². The second-order valence-electron chi connectivity index (χ2n) is 4.67. The van der Waals surface area contributed by atoms with Crippen LogP contribution in [0, 0.1) is 18.3 Å². The quantitative estimate of drug-likeness (QED) is 0.655. The topological polar surface area (TPSA) is 77.8 Å². The summed E-state index contributed by atoms with van der Waals surface area (Å²) < 4.78 is 0. The summed E-state index contributed by atoms with van der Waals surface area (Å²) in [7, 11) is 0. The number of carbonyl (C=O) groups excluding carboxylic acids is 1. The average molecular weight is 292 g/mol. The molecule has 110 valence electrons. The SMILES string of the molecule is Cc1ccc(N/C=C(/C#N)C(=O)NCc2ccccc2)cn1. The van der Waals surface area contributed by atoms with Gasteiger partial charge in [-0.05, 0) is 24.6 Å². The maximum atomic E-state index is 12.0. The van der Waals surface area contributed by atoms with Crippen LogP contribution in [-0.2, 0) is 11.3 Å². The fourth-order valence-electron chi connectivity index (χ4n) is 1.73. The van der Waals surface area contributed by atoms with Gasteiger partial charge in [0.05, 0.1) is 11.9 Å². The van der Waals surface area contributed by atoms with Crippen molar-refractivity contribution in [3.8, 4) is 6.07 Å². The zero-order valence-electron chi connectivity index (χ0n) is 12.2. The predicted octanol–water partition coefficient (Wildman–Crippen LogP) is 2.53. The number of benzene rings is 1. The van der Waals surface area contributed by atoms with Gasteiger partial charge < -0.3 is 10.6 Å². The van der Waals surface area contributed by atoms with Crippen molar-refractivity contribution in [2.45, 2.75) is 13.5 Å². The van der Waals surface area contributed by atoms with E-state index in [0.29, 0.717) is 12.2 Å². The highest BCUT2D eigenvalue weighted by atomic mass is 16.1. The summed E-state index contributed by atoms with van der Waals surface area (Å²) in [5.41, 5.74) is 2.60. The van der Waals surface area contributed by atoms with Crippen molar-refractivity contribution in [1.82, 2.24) is 10.3 Å². The molecule has 1 heterocycles. The molecule has 22 heavy (non-hydrogen) atoms. The number of aromatic nitrogens is 1. The first-order chi connectivity index (χ1) is 10.7. The van der Waals surface area contributed by atoms with Crippen LogP contribution >= 0.6 is 0 Å². The van der Waals surface area contributed by atoms with E-state index in [9.17, 15) is 4.79 Å². The first-order valence-corrected chi connectivity index (χ1v) is 6.80. The Morgan fingerprint density at radius 1 is 1.27 bits per heavy atom. The minimum absolute atomic E-state index is 0.0107. The number of nitriles is 1. The summed E-state index contributed by atoms with van der Waals surface area (Å²) in [4.78, 5) is 16.1. The van der Waals surface area contributed by atoms with Crippen LogP contribution in [0.25, 0.3) is 0 Å². The van der Waals surface area contributed by atoms with Gasteiger partial charge in [-0.25, -0.2) is 0 Å². The van der Waals surface area contributed by atoms with Gasteiger partial charge in [0.15, 0.2) is 0 Å². The standard InChI is InChI=1S/C17H16N4O/c1-13-7-8-16(12-19-13)20-11-15(9-18)17(22)21-10-14-5-3-2-4-6-14/h2-8,11-12,20H,10H2,1H3,(H,21,22)/b15-11-. The third-order valence-electron chi connectivity index (χ3n) is 2.96. The molecule has 0 aliphatic carbocycles. The molecule has 2 rings (SSSR count). The number of pyridine rings is 1. The van der Waals surface area contributed by atoms with Crippen molar-refractivity contribution in [3.63, 3.8) is 0 Å². The number of nitrogens with zero attached hydrogens (tertiary/aromatic N) is 2. The van der Waals surface area contributed by atoms with Crippen LogP contribution in [0.1, 0.15) is 11.3 Å². The van der Waals surface area contributed by atoms with E-state index in [1.165, 1.54) is 6.20 Å². The average Bonchev–Trinajstić information content (AvgIpc) is 2.56. The number of rotatable bonds is 5. The second-order valence-corrected chi connectivity index (χ2v) is 4.67. The van der Waals surface area contributed by atoms with Crippen LogP contribution in [0.5, 0.6) is 0 Å². The summed E-state index contributed by atoms with van der Waals surface area (Å²) >= 11 is 0. The Kier molecular flexibility index (Phi) is 5.27. The molecule has 0 aliphatic heterocycles. The van der Waals surface area contributed by atoms with E-state index in [1.807, 2.05) is 55.5 Å². The van der Waals surface area contributed by atoms with Crippen LogP contribution in [0.15, 0.2) is 60.4 Å². The molecule has 0 saturated carbocycles. The van der Waals surface area contributed by atoms with Crippen molar-refractivity contribution >= 4 is 11.6 Å². The Labute approximate surface area is 129 Å². The third-order valence-corrected chi connectivity index (χ3v) is 2.96. The van der Waals surface area contributed by atoms with Crippen molar-refractivity contribution in [2.75, 3.05) is 5.32 Å². The van der Waals surface area contributed by atoms with Gasteiger partial charge >= 0.3 is 0 Å². The first-order valence-electron chi connectivity index (χ1n) is 6.80. The summed E-state index contributed by atoms with van der Waals surface area (Å²) in [5, 5.41) is 14.7. The normalized spacial score (nSPS) is 10.6. The van der Waals surface area contributed by atoms with Gasteiger partial charge in [0.1, 0.15) is 11.6 Å². The van der Waals surface area contributed by atoms with Gasteiger partial charge in [0.25, 0.3) is 5.91 Å². The second kappa shape index (κ2) is 7.60. The Balaban J connectivity index is 1.95. The molecule has 0 saturated heterocycles. The van der Waals surface area contributed by atoms with E-state index in [4.69, 9.17) is 5.26 Å². The lowest BCUT2D eigenvalue weighted by atomic mass is 10.2. The molecule has 1 aromatic carbocycles. The summed E-state index contributed by atoms with van der Waals surface area (Å²) in [5.74, 6) is -0.418. The van der Waals surface area contributed by atoms with Crippen molar-refractivity contribution in [3.05, 3.63) is 71.7 Å². The molecule has 0 unspecified atom stereocenters. The van der Waals surface area contributed by atoms with E-state index in [1.54, 1.807) is 6.20 Å². The van der Waals surface area contributed by atoms with E-state index in [0.717, 1.165) is 11.3 Å². The number of carbonyl (C=O) groups is 1. The zero-order valence-corrected chi connectivity index (χ0v) is 12.2. The number of anilines is 1. The van der Waals surface area contributed by atoms with E-state index >= 15 is 0 Å². The van der Waals surface area contributed by atoms with Gasteiger partial charge in [0.2, 0.25) is 0 Å². The third kappa shape index (κ3) is 4.46. The summed E-state index contributed by atoms with van der Waals surface area (Å²) in [6.07, 6.45) is 3.02. The maximum absolute atomic E-state index is 12.0. The molecule has 5 heteroatoms. The monoisotopic (exact) mass is 292 g/mol. The number of aryl methyl sites for hydroxylation is 1. The molecule has 0 bridgehead atoms. The molecule has 2 N–H and O–H groups in total. The van der Waals surface area contributed by atoms with Gasteiger partial charge in [0, 0.05) is 18.4 Å². The lowest BCUT2D eigenvalue weighted by Gasteiger charge is -2.05. The molecule has 1 aromatic heterocycles. The number of amides is 1. The molecular formula is C17H16N4O. The molecule has 0 spiro atoms. The van der Waals surface area contributed by atoms with E-state index in [2.05, 4.69) is 15.6 Å². The summed E-state index contributed by atoms with van der Waals surface area (Å²) in [6.45, 7) is 2.27. The highest BCUT2D eigenvalue weighted by Gasteiger charge is 2.08. The number of nitrogens with one attached hydrogen (secondary N) is 2. The lowest BCUT2D eigenvalue weighted by Crippen LogP contribution is -2.24. The lowest BCUT2D eigenvalue weighted by molar-refractivity contribution is -0.117. The molecule has 0 fully saturated rings. The highest BCUT2D eigenvalue weighted by Crippen LogP contribution is 2.06. The molecule has 0 atom stereocenters. The first kappa shape index (κ1) is 15.3. The molecule has 0 aliphatic rings. The maximum Gasteiger partial charge on any atom is 0.263 e. The fraction of sp³-hybridized carbons (Fsp3) is 0.118. The molecule has 2 aromatic rings. The van der Waals surface area contributed by atoms with Gasteiger partial charge in [-0.15, -0.1) is 0 Å². The molecule has 5 nitrogen and oxygen atoms in total. The van der Waals surface area contributed by atoms with Crippen molar-refractivity contribution in [1.29, 1.82) is 5.26 Å². The largest absolute Gasteiger partial charge is 0.359 e. The van der Waals surface area contributed by atoms with Gasteiger partial charge in [-0.3, -0.25) is 9.78 Å². The Bertz CT molecular complexity index is 700. The van der Waals surface area contributed by atoms with Crippen LogP contribution < -0.4 is 10.6 Å². The van der Waals surface area contributed by atoms with Crippen LogP contribution in [0.2, 0.25) is 0 Å². The smallest absolute Gasteiger partial charge is 0.263 e. The van der Waals surface area contributed by atoms with E-state index in [-0.39, 0.29) is 5.57 Å². The summed E-state index contributed by atoms with van der Waals surface area (Å²) in [6, 6.07) is 15.1. The predicted molar refractivity (Wildman–Crippen MR) is 84.6 cm³/mol. The van der Waals surface area contributed by atoms with Crippen molar-refractivity contribution in [2.24, 2.45) is 0 Å². The number of hydrogen-bond acceptors (Lipinski definition) is 4. The minimum atomic E-state index is -0.418. The number of hydrogen-bond donors (Lipinski definition) is 2. The Morgan fingerprint density at radius 2 is 2.05 bits per heavy atom. The zero-order chi connectivity index (χ0) is 15.8. The highest BCUT2D eigenvalue weighted by molar-refractivity contribution is 5.97. The minimum Gasteiger partial charge on any atom is -0.359 e. The Hall–Kier alpha value is -3.13. The van der Waals surface area contributed by atoms with Crippen LogP contribution in [-0.4, -0.2) is 10.9 Å². The fourth-order valence-corrected chi connectivity index (χ4v) is 1.73. The van der Waals surface area contributed by atoms with E-state index < -0.39 is 5.91 Å². The van der Waals surface area contributed by atoms with Gasteiger partial charge in [-0.2, -0.15) is 5.26 Å². The Morgan fingerprint density at radius 3 is 2.68 bits per heavy atom. The van der Waals surface area contributed by atoms with Crippen molar-refractivity contribution < 1.29 is 4.79 Å². The molecular weight excluding hydrogens is 276 g/mol. The van der Waals surface area contributed by atoms with Crippen LogP contribution in [0.4, 0.5) is 5.69 Å².